The molecule has 0 aliphatic heterocycles. The second-order valence-electron chi connectivity index (χ2n) is 4.02. The Hall–Kier alpha value is -2.69. The fraction of sp³-hybridized carbons (Fsp3) is 0.0667. The standard InChI is InChI=1S/C15H12FNO3/c1-10(18)20-14-9-5-2-6-11(14)15(19)17-13-8-4-3-7-12(13)16/h2-9H,1H3,(H,17,19). The highest BCUT2D eigenvalue weighted by atomic mass is 19.1. The molecule has 0 aliphatic carbocycles. The third-order valence-electron chi connectivity index (χ3n) is 2.51. The molecule has 4 nitrogen and oxygen atoms in total. The molecule has 2 aromatic carbocycles. The number of benzene rings is 2. The SMILES string of the molecule is CC(=O)Oc1ccccc1C(=O)Nc1ccccc1F. The highest BCUT2D eigenvalue weighted by Crippen LogP contribution is 2.21. The second kappa shape index (κ2) is 5.97. The van der Waals surface area contributed by atoms with Gasteiger partial charge < -0.3 is 10.1 Å². The van der Waals surface area contributed by atoms with Crippen molar-refractivity contribution < 1.29 is 18.7 Å². The Morgan fingerprint density at radius 1 is 1.05 bits per heavy atom. The molecule has 0 bridgehead atoms. The molecule has 2 rings (SSSR count). The molecular weight excluding hydrogens is 261 g/mol. The molecule has 0 unspecified atom stereocenters. The lowest BCUT2D eigenvalue weighted by atomic mass is 10.2. The first kappa shape index (κ1) is 13.7. The van der Waals surface area contributed by atoms with Crippen LogP contribution < -0.4 is 10.1 Å². The summed E-state index contributed by atoms with van der Waals surface area (Å²) < 4.78 is 18.4. The maximum atomic E-state index is 13.5. The fourth-order valence-corrected chi connectivity index (χ4v) is 1.65. The van der Waals surface area contributed by atoms with Gasteiger partial charge in [0, 0.05) is 6.92 Å². The van der Waals surface area contributed by atoms with Gasteiger partial charge in [0.2, 0.25) is 0 Å². The minimum atomic E-state index is -0.549. The maximum Gasteiger partial charge on any atom is 0.308 e. The molecule has 0 fully saturated rings. The summed E-state index contributed by atoms with van der Waals surface area (Å²) in [5.74, 6) is -1.48. The first-order valence-electron chi connectivity index (χ1n) is 5.91. The van der Waals surface area contributed by atoms with E-state index in [0.29, 0.717) is 0 Å². The van der Waals surface area contributed by atoms with Gasteiger partial charge in [0.05, 0.1) is 11.3 Å². The quantitative estimate of drug-likeness (QED) is 0.691. The van der Waals surface area contributed by atoms with Crippen molar-refractivity contribution in [3.8, 4) is 5.75 Å². The van der Waals surface area contributed by atoms with E-state index in [9.17, 15) is 14.0 Å². The lowest BCUT2D eigenvalue weighted by Crippen LogP contribution is -2.15. The number of hydrogen-bond donors (Lipinski definition) is 1. The largest absolute Gasteiger partial charge is 0.426 e. The number of para-hydroxylation sites is 2. The molecule has 0 spiro atoms. The molecule has 1 N–H and O–H groups in total. The lowest BCUT2D eigenvalue weighted by molar-refractivity contribution is -0.131. The Labute approximate surface area is 115 Å². The van der Waals surface area contributed by atoms with E-state index in [1.807, 2.05) is 0 Å². The third-order valence-corrected chi connectivity index (χ3v) is 2.51. The Bertz CT molecular complexity index is 655. The Morgan fingerprint density at radius 2 is 1.70 bits per heavy atom. The van der Waals surface area contributed by atoms with E-state index in [1.165, 1.54) is 37.3 Å². The van der Waals surface area contributed by atoms with Gasteiger partial charge in [0.1, 0.15) is 11.6 Å². The normalized spacial score (nSPS) is 9.90. The molecule has 2 aromatic rings. The van der Waals surface area contributed by atoms with Gasteiger partial charge in [-0.15, -0.1) is 0 Å². The average Bonchev–Trinajstić information content (AvgIpc) is 2.41. The first-order chi connectivity index (χ1) is 9.58. The Balaban J connectivity index is 2.26. The summed E-state index contributed by atoms with van der Waals surface area (Å²) in [6.45, 7) is 1.24. The molecule has 1 amide bonds. The van der Waals surface area contributed by atoms with Crippen LogP contribution in [-0.2, 0) is 4.79 Å². The van der Waals surface area contributed by atoms with Gasteiger partial charge in [-0.1, -0.05) is 24.3 Å². The molecule has 0 aromatic heterocycles. The summed E-state index contributed by atoms with van der Waals surface area (Å²) in [5.41, 5.74) is 0.223. The summed E-state index contributed by atoms with van der Waals surface area (Å²) >= 11 is 0. The average molecular weight is 273 g/mol. The summed E-state index contributed by atoms with van der Waals surface area (Å²) in [5, 5.41) is 2.43. The van der Waals surface area contributed by atoms with E-state index in [1.54, 1.807) is 18.2 Å². The maximum absolute atomic E-state index is 13.5. The molecular formula is C15H12FNO3. The Kier molecular flexibility index (Phi) is 4.10. The number of anilines is 1. The second-order valence-corrected chi connectivity index (χ2v) is 4.02. The van der Waals surface area contributed by atoms with Gasteiger partial charge in [-0.2, -0.15) is 0 Å². The van der Waals surface area contributed by atoms with Crippen LogP contribution >= 0.6 is 0 Å². The van der Waals surface area contributed by atoms with Crippen molar-refractivity contribution in [2.75, 3.05) is 5.32 Å². The highest BCUT2D eigenvalue weighted by molar-refractivity contribution is 6.06. The van der Waals surface area contributed by atoms with Crippen LogP contribution in [0, 0.1) is 5.82 Å². The van der Waals surface area contributed by atoms with Crippen LogP contribution in [0.1, 0.15) is 17.3 Å². The molecule has 0 atom stereocenters. The van der Waals surface area contributed by atoms with E-state index in [0.717, 1.165) is 0 Å². The van der Waals surface area contributed by atoms with Crippen molar-refractivity contribution in [1.82, 2.24) is 0 Å². The number of hydrogen-bond acceptors (Lipinski definition) is 3. The molecule has 102 valence electrons. The predicted octanol–water partition coefficient (Wildman–Crippen LogP) is 3.00. The van der Waals surface area contributed by atoms with Crippen molar-refractivity contribution in [1.29, 1.82) is 0 Å². The van der Waals surface area contributed by atoms with E-state index in [4.69, 9.17) is 4.74 Å². The number of amides is 1. The van der Waals surface area contributed by atoms with E-state index in [-0.39, 0.29) is 17.0 Å². The number of carbonyl (C=O) groups excluding carboxylic acids is 2. The van der Waals surface area contributed by atoms with Crippen molar-refractivity contribution in [3.05, 3.63) is 59.9 Å². The smallest absolute Gasteiger partial charge is 0.308 e. The molecule has 20 heavy (non-hydrogen) atoms. The first-order valence-corrected chi connectivity index (χ1v) is 5.91. The topological polar surface area (TPSA) is 55.4 Å². The van der Waals surface area contributed by atoms with E-state index < -0.39 is 17.7 Å². The van der Waals surface area contributed by atoms with Crippen LogP contribution in [-0.4, -0.2) is 11.9 Å². The van der Waals surface area contributed by atoms with E-state index >= 15 is 0 Å². The summed E-state index contributed by atoms with van der Waals surface area (Å²) in [4.78, 5) is 23.1. The minimum Gasteiger partial charge on any atom is -0.426 e. The minimum absolute atomic E-state index is 0.0649. The van der Waals surface area contributed by atoms with Gasteiger partial charge in [-0.3, -0.25) is 9.59 Å². The van der Waals surface area contributed by atoms with Crippen LogP contribution in [0.15, 0.2) is 48.5 Å². The molecule has 0 heterocycles. The van der Waals surface area contributed by atoms with Gasteiger partial charge in [0.15, 0.2) is 0 Å². The van der Waals surface area contributed by atoms with Crippen molar-refractivity contribution >= 4 is 17.6 Å². The van der Waals surface area contributed by atoms with Crippen LogP contribution in [0.3, 0.4) is 0 Å². The lowest BCUT2D eigenvalue weighted by Gasteiger charge is -2.09. The molecule has 0 saturated heterocycles. The van der Waals surface area contributed by atoms with Gasteiger partial charge in [0.25, 0.3) is 5.91 Å². The summed E-state index contributed by atoms with van der Waals surface area (Å²) in [7, 11) is 0. The molecule has 5 heteroatoms. The zero-order valence-corrected chi connectivity index (χ0v) is 10.7. The van der Waals surface area contributed by atoms with Gasteiger partial charge in [-0.25, -0.2) is 4.39 Å². The van der Waals surface area contributed by atoms with Crippen molar-refractivity contribution in [2.24, 2.45) is 0 Å². The van der Waals surface area contributed by atoms with Gasteiger partial charge >= 0.3 is 5.97 Å². The summed E-state index contributed by atoms with van der Waals surface area (Å²) in [6.07, 6.45) is 0. The highest BCUT2D eigenvalue weighted by Gasteiger charge is 2.14. The Morgan fingerprint density at radius 3 is 2.40 bits per heavy atom. The summed E-state index contributed by atoms with van der Waals surface area (Å²) in [6, 6.07) is 12.1. The monoisotopic (exact) mass is 273 g/mol. The van der Waals surface area contributed by atoms with Gasteiger partial charge in [-0.05, 0) is 24.3 Å². The fourth-order valence-electron chi connectivity index (χ4n) is 1.65. The number of carbonyl (C=O) groups is 2. The van der Waals surface area contributed by atoms with Crippen LogP contribution in [0.25, 0.3) is 0 Å². The predicted molar refractivity (Wildman–Crippen MR) is 72.1 cm³/mol. The van der Waals surface area contributed by atoms with E-state index in [2.05, 4.69) is 5.32 Å². The number of nitrogens with one attached hydrogen (secondary N) is 1. The van der Waals surface area contributed by atoms with Crippen LogP contribution in [0.2, 0.25) is 0 Å². The number of ether oxygens (including phenoxy) is 1. The number of halogens is 1. The van der Waals surface area contributed by atoms with Crippen LogP contribution in [0.4, 0.5) is 10.1 Å². The third kappa shape index (κ3) is 3.20. The van der Waals surface area contributed by atoms with Crippen LogP contribution in [0.5, 0.6) is 5.75 Å². The zero-order valence-electron chi connectivity index (χ0n) is 10.7. The number of rotatable bonds is 3. The zero-order chi connectivity index (χ0) is 14.5. The van der Waals surface area contributed by atoms with Crippen molar-refractivity contribution in [2.45, 2.75) is 6.92 Å². The molecule has 0 radical (unpaired) electrons. The van der Waals surface area contributed by atoms with Crippen molar-refractivity contribution in [3.63, 3.8) is 0 Å². The molecule has 0 aliphatic rings. The number of esters is 1. The molecule has 0 saturated carbocycles.